The number of hydrogen-bond acceptors (Lipinski definition) is 2. The maximum atomic E-state index is 3.52. The molecule has 1 unspecified atom stereocenters. The second-order valence-electron chi connectivity index (χ2n) is 7.06. The maximum absolute atomic E-state index is 3.52. The first-order valence-electron chi connectivity index (χ1n) is 8.05. The highest BCUT2D eigenvalue weighted by molar-refractivity contribution is 5.27. The molecule has 2 rings (SSSR count). The Bertz CT molecular complexity index is 400. The van der Waals surface area contributed by atoms with Gasteiger partial charge in [0.05, 0.1) is 0 Å². The van der Waals surface area contributed by atoms with E-state index in [0.29, 0.717) is 6.04 Å². The van der Waals surface area contributed by atoms with Crippen LogP contribution in [0.1, 0.15) is 51.7 Å². The number of nitrogens with one attached hydrogen (secondary N) is 1. The smallest absolute Gasteiger partial charge is 0.0237 e. The lowest BCUT2D eigenvalue weighted by Gasteiger charge is -2.36. The van der Waals surface area contributed by atoms with Crippen LogP contribution in [0.4, 0.5) is 0 Å². The SMILES string of the molecule is CCCC1CNCCN1Cc1ccc(C(C)(C)C)cc1. The second kappa shape index (κ2) is 6.73. The van der Waals surface area contributed by atoms with Gasteiger partial charge in [0.1, 0.15) is 0 Å². The Morgan fingerprint density at radius 1 is 1.20 bits per heavy atom. The lowest BCUT2D eigenvalue weighted by Crippen LogP contribution is -2.50. The molecular formula is C18H30N2. The van der Waals surface area contributed by atoms with Crippen LogP contribution in [0.5, 0.6) is 0 Å². The zero-order valence-corrected chi connectivity index (χ0v) is 13.6. The molecule has 0 spiro atoms. The monoisotopic (exact) mass is 274 g/mol. The maximum Gasteiger partial charge on any atom is 0.0237 e. The van der Waals surface area contributed by atoms with Crippen molar-refractivity contribution in [1.29, 1.82) is 0 Å². The van der Waals surface area contributed by atoms with Crippen molar-refractivity contribution in [1.82, 2.24) is 10.2 Å². The number of nitrogens with zero attached hydrogens (tertiary/aromatic N) is 1. The molecule has 0 amide bonds. The number of benzene rings is 1. The van der Waals surface area contributed by atoms with Gasteiger partial charge in [-0.2, -0.15) is 0 Å². The predicted molar refractivity (Wildman–Crippen MR) is 87.1 cm³/mol. The first kappa shape index (κ1) is 15.5. The molecule has 1 saturated heterocycles. The summed E-state index contributed by atoms with van der Waals surface area (Å²) >= 11 is 0. The quantitative estimate of drug-likeness (QED) is 0.903. The molecule has 2 heteroatoms. The molecule has 1 heterocycles. The summed E-state index contributed by atoms with van der Waals surface area (Å²) in [5, 5.41) is 3.52. The topological polar surface area (TPSA) is 15.3 Å². The number of hydrogen-bond donors (Lipinski definition) is 1. The number of piperazine rings is 1. The Labute approximate surface area is 124 Å². The van der Waals surface area contributed by atoms with Gasteiger partial charge < -0.3 is 5.32 Å². The summed E-state index contributed by atoms with van der Waals surface area (Å²) in [6.45, 7) is 13.6. The van der Waals surface area contributed by atoms with Crippen LogP contribution in [-0.2, 0) is 12.0 Å². The van der Waals surface area contributed by atoms with Gasteiger partial charge >= 0.3 is 0 Å². The predicted octanol–water partition coefficient (Wildman–Crippen LogP) is 3.56. The first-order chi connectivity index (χ1) is 9.50. The van der Waals surface area contributed by atoms with E-state index in [4.69, 9.17) is 0 Å². The van der Waals surface area contributed by atoms with E-state index < -0.39 is 0 Å². The molecule has 20 heavy (non-hydrogen) atoms. The van der Waals surface area contributed by atoms with Crippen LogP contribution in [0.3, 0.4) is 0 Å². The van der Waals surface area contributed by atoms with Crippen LogP contribution >= 0.6 is 0 Å². The highest BCUT2D eigenvalue weighted by Gasteiger charge is 2.21. The summed E-state index contributed by atoms with van der Waals surface area (Å²) in [7, 11) is 0. The van der Waals surface area contributed by atoms with Gasteiger partial charge in [-0.15, -0.1) is 0 Å². The fourth-order valence-corrected chi connectivity index (χ4v) is 2.97. The van der Waals surface area contributed by atoms with Crippen molar-refractivity contribution in [2.24, 2.45) is 0 Å². The van der Waals surface area contributed by atoms with Crippen molar-refractivity contribution in [2.45, 2.75) is 58.5 Å². The van der Waals surface area contributed by atoms with Crippen molar-refractivity contribution in [3.8, 4) is 0 Å². The molecule has 1 aliphatic rings. The summed E-state index contributed by atoms with van der Waals surface area (Å²) in [5.41, 5.74) is 3.12. The highest BCUT2D eigenvalue weighted by atomic mass is 15.2. The largest absolute Gasteiger partial charge is 0.314 e. The van der Waals surface area contributed by atoms with E-state index in [1.165, 1.54) is 30.5 Å². The third kappa shape index (κ3) is 4.07. The van der Waals surface area contributed by atoms with Crippen LogP contribution in [0.2, 0.25) is 0 Å². The second-order valence-corrected chi connectivity index (χ2v) is 7.06. The summed E-state index contributed by atoms with van der Waals surface area (Å²) < 4.78 is 0. The van der Waals surface area contributed by atoms with Crippen molar-refractivity contribution in [2.75, 3.05) is 19.6 Å². The molecule has 2 nitrogen and oxygen atoms in total. The molecule has 1 fully saturated rings. The highest BCUT2D eigenvalue weighted by Crippen LogP contribution is 2.23. The summed E-state index contributed by atoms with van der Waals surface area (Å²) in [6.07, 6.45) is 2.57. The van der Waals surface area contributed by atoms with E-state index in [0.717, 1.165) is 19.6 Å². The fraction of sp³-hybridized carbons (Fsp3) is 0.667. The van der Waals surface area contributed by atoms with Crippen molar-refractivity contribution >= 4 is 0 Å². The Hall–Kier alpha value is -0.860. The minimum atomic E-state index is 0.248. The van der Waals surface area contributed by atoms with E-state index >= 15 is 0 Å². The molecule has 112 valence electrons. The molecule has 1 aromatic carbocycles. The van der Waals surface area contributed by atoms with Gasteiger partial charge in [-0.25, -0.2) is 0 Å². The van der Waals surface area contributed by atoms with Gasteiger partial charge in [0.2, 0.25) is 0 Å². The zero-order valence-electron chi connectivity index (χ0n) is 13.6. The van der Waals surface area contributed by atoms with Gasteiger partial charge in [-0.3, -0.25) is 4.90 Å². The van der Waals surface area contributed by atoms with Crippen LogP contribution in [0.15, 0.2) is 24.3 Å². The summed E-state index contributed by atoms with van der Waals surface area (Å²) in [5.74, 6) is 0. The van der Waals surface area contributed by atoms with Crippen molar-refractivity contribution < 1.29 is 0 Å². The Morgan fingerprint density at radius 3 is 2.50 bits per heavy atom. The lowest BCUT2D eigenvalue weighted by atomic mass is 9.86. The van der Waals surface area contributed by atoms with Crippen LogP contribution in [-0.4, -0.2) is 30.6 Å². The van der Waals surface area contributed by atoms with E-state index in [1.807, 2.05) is 0 Å². The molecule has 0 aromatic heterocycles. The molecule has 0 saturated carbocycles. The average molecular weight is 274 g/mol. The van der Waals surface area contributed by atoms with Gasteiger partial charge in [0.15, 0.2) is 0 Å². The first-order valence-corrected chi connectivity index (χ1v) is 8.05. The van der Waals surface area contributed by atoms with E-state index in [1.54, 1.807) is 0 Å². The zero-order chi connectivity index (χ0) is 14.6. The lowest BCUT2D eigenvalue weighted by molar-refractivity contribution is 0.144. The molecule has 0 radical (unpaired) electrons. The van der Waals surface area contributed by atoms with Gasteiger partial charge in [0, 0.05) is 32.2 Å². The molecule has 1 atom stereocenters. The minimum absolute atomic E-state index is 0.248. The molecule has 0 aliphatic carbocycles. The van der Waals surface area contributed by atoms with Crippen LogP contribution in [0, 0.1) is 0 Å². The molecule has 1 aromatic rings. The van der Waals surface area contributed by atoms with E-state index in [-0.39, 0.29) is 5.41 Å². The summed E-state index contributed by atoms with van der Waals surface area (Å²) in [6, 6.07) is 9.92. The van der Waals surface area contributed by atoms with Crippen LogP contribution < -0.4 is 5.32 Å². The third-order valence-corrected chi connectivity index (χ3v) is 4.30. The Kier molecular flexibility index (Phi) is 5.22. The Balaban J connectivity index is 2.01. The van der Waals surface area contributed by atoms with E-state index in [9.17, 15) is 0 Å². The van der Waals surface area contributed by atoms with Crippen LogP contribution in [0.25, 0.3) is 0 Å². The van der Waals surface area contributed by atoms with Crippen molar-refractivity contribution in [3.63, 3.8) is 0 Å². The standard InChI is InChI=1S/C18H30N2/c1-5-6-17-13-19-11-12-20(17)14-15-7-9-16(10-8-15)18(2,3)4/h7-10,17,19H,5-6,11-14H2,1-4H3. The average Bonchev–Trinajstić information content (AvgIpc) is 2.41. The van der Waals surface area contributed by atoms with E-state index in [2.05, 4.69) is 62.2 Å². The van der Waals surface area contributed by atoms with Gasteiger partial charge in [-0.05, 0) is 23.0 Å². The molecular weight excluding hydrogens is 244 g/mol. The third-order valence-electron chi connectivity index (χ3n) is 4.30. The van der Waals surface area contributed by atoms with Gasteiger partial charge in [0.25, 0.3) is 0 Å². The normalized spacial score (nSPS) is 21.1. The minimum Gasteiger partial charge on any atom is -0.314 e. The molecule has 1 aliphatic heterocycles. The van der Waals surface area contributed by atoms with Gasteiger partial charge in [-0.1, -0.05) is 58.4 Å². The molecule has 0 bridgehead atoms. The summed E-state index contributed by atoms with van der Waals surface area (Å²) in [4.78, 5) is 2.64. The number of rotatable bonds is 4. The fourth-order valence-electron chi connectivity index (χ4n) is 2.97. The Morgan fingerprint density at radius 2 is 1.90 bits per heavy atom. The van der Waals surface area contributed by atoms with Crippen molar-refractivity contribution in [3.05, 3.63) is 35.4 Å². The molecule has 1 N–H and O–H groups in total.